The largest absolute Gasteiger partial charge is 0.384 e. The van der Waals surface area contributed by atoms with Gasteiger partial charge in [-0.2, -0.15) is 0 Å². The lowest BCUT2D eigenvalue weighted by molar-refractivity contribution is -0.117. The van der Waals surface area contributed by atoms with Crippen molar-refractivity contribution in [1.82, 2.24) is 0 Å². The molecule has 28 heavy (non-hydrogen) atoms. The second-order valence-electron chi connectivity index (χ2n) is 8.56. The molecule has 0 radical (unpaired) electrons. The van der Waals surface area contributed by atoms with Gasteiger partial charge in [0.25, 0.3) is 0 Å². The topological polar surface area (TPSA) is 50.4 Å². The van der Waals surface area contributed by atoms with Crippen LogP contribution in [-0.4, -0.2) is 19.6 Å². The number of anilines is 2. The van der Waals surface area contributed by atoms with Gasteiger partial charge in [0, 0.05) is 18.5 Å². The molecule has 2 saturated carbocycles. The Morgan fingerprint density at radius 1 is 1.14 bits per heavy atom. The van der Waals surface area contributed by atoms with Crippen molar-refractivity contribution >= 4 is 17.3 Å². The molecule has 5 unspecified atom stereocenters. The molecule has 146 valence electrons. The van der Waals surface area contributed by atoms with Crippen molar-refractivity contribution in [3.8, 4) is 0 Å². The van der Waals surface area contributed by atoms with E-state index >= 15 is 0 Å². The average molecular weight is 377 g/mol. The van der Waals surface area contributed by atoms with Gasteiger partial charge in [0.1, 0.15) is 0 Å². The third-order valence-electron chi connectivity index (χ3n) is 7.06. The Balaban J connectivity index is 1.47. The summed E-state index contributed by atoms with van der Waals surface area (Å²) < 4.78 is 5.01. The number of carbonyl (C=O) groups is 1. The zero-order valence-electron chi connectivity index (χ0n) is 16.4. The molecule has 2 aromatic rings. The minimum atomic E-state index is 0.0113. The molecule has 2 bridgehead atoms. The number of carbonyl (C=O) groups excluding carboxylic acids is 1. The third-order valence-corrected chi connectivity index (χ3v) is 7.06. The van der Waals surface area contributed by atoms with Gasteiger partial charge in [-0.3, -0.25) is 4.79 Å². The van der Waals surface area contributed by atoms with Crippen molar-refractivity contribution < 1.29 is 9.53 Å². The first-order valence-electron chi connectivity index (χ1n) is 10.5. The molecular formula is C24H28N2O2. The second kappa shape index (κ2) is 7.25. The minimum absolute atomic E-state index is 0.0113. The molecule has 2 aliphatic carbocycles. The SMILES string of the molecule is COCCC(=O)Nc1ccc2c(c1)C1C3CCC(C3)C1C(c1ccccc1)N2. The summed E-state index contributed by atoms with van der Waals surface area (Å²) in [6, 6.07) is 17.7. The van der Waals surface area contributed by atoms with Crippen LogP contribution in [-0.2, 0) is 9.53 Å². The second-order valence-corrected chi connectivity index (χ2v) is 8.56. The van der Waals surface area contributed by atoms with E-state index in [1.54, 1.807) is 7.11 Å². The van der Waals surface area contributed by atoms with Crippen LogP contribution in [0.1, 0.15) is 48.8 Å². The lowest BCUT2D eigenvalue weighted by Gasteiger charge is -2.43. The summed E-state index contributed by atoms with van der Waals surface area (Å²) >= 11 is 0. The highest BCUT2D eigenvalue weighted by molar-refractivity contribution is 5.91. The fourth-order valence-electron chi connectivity index (χ4n) is 5.97. The molecule has 2 N–H and O–H groups in total. The van der Waals surface area contributed by atoms with Crippen LogP contribution in [0.4, 0.5) is 11.4 Å². The van der Waals surface area contributed by atoms with E-state index in [0.717, 1.165) is 17.5 Å². The van der Waals surface area contributed by atoms with Crippen LogP contribution < -0.4 is 10.6 Å². The van der Waals surface area contributed by atoms with Crippen molar-refractivity contribution in [2.75, 3.05) is 24.4 Å². The molecule has 2 fully saturated rings. The third kappa shape index (κ3) is 3.00. The van der Waals surface area contributed by atoms with Crippen molar-refractivity contribution in [1.29, 1.82) is 0 Å². The molecule has 1 amide bonds. The zero-order valence-corrected chi connectivity index (χ0v) is 16.4. The maximum absolute atomic E-state index is 12.1. The van der Waals surface area contributed by atoms with Gasteiger partial charge >= 0.3 is 0 Å². The fourth-order valence-corrected chi connectivity index (χ4v) is 5.97. The number of hydrogen-bond donors (Lipinski definition) is 2. The maximum Gasteiger partial charge on any atom is 0.226 e. The number of rotatable bonds is 5. The van der Waals surface area contributed by atoms with Crippen molar-refractivity contribution in [2.45, 2.75) is 37.6 Å². The maximum atomic E-state index is 12.1. The van der Waals surface area contributed by atoms with Crippen molar-refractivity contribution in [3.05, 3.63) is 59.7 Å². The Morgan fingerprint density at radius 3 is 2.79 bits per heavy atom. The summed E-state index contributed by atoms with van der Waals surface area (Å²) in [6.45, 7) is 0.450. The van der Waals surface area contributed by atoms with Gasteiger partial charge in [-0.15, -0.1) is 0 Å². The first kappa shape index (κ1) is 17.7. The molecule has 4 nitrogen and oxygen atoms in total. The standard InChI is InChI=1S/C24H28N2O2/c1-28-12-11-21(27)25-18-9-10-20-19(14-18)22-16-7-8-17(13-16)23(22)24(26-20)15-5-3-2-4-6-15/h2-6,9-10,14,16-17,22-24,26H,7-8,11-13H2,1H3,(H,25,27). The van der Waals surface area contributed by atoms with Gasteiger partial charge in [-0.05, 0) is 72.3 Å². The lowest BCUT2D eigenvalue weighted by atomic mass is 9.68. The summed E-state index contributed by atoms with van der Waals surface area (Å²) in [5, 5.41) is 6.90. The molecule has 5 atom stereocenters. The van der Waals surface area contributed by atoms with Gasteiger partial charge in [0.05, 0.1) is 19.1 Å². The highest BCUT2D eigenvalue weighted by Gasteiger charge is 2.53. The number of fused-ring (bicyclic) bond motifs is 7. The van der Waals surface area contributed by atoms with Crippen LogP contribution in [0.25, 0.3) is 0 Å². The van der Waals surface area contributed by atoms with E-state index in [1.807, 2.05) is 6.07 Å². The number of methoxy groups -OCH3 is 1. The van der Waals surface area contributed by atoms with Gasteiger partial charge in [0.15, 0.2) is 0 Å². The summed E-state index contributed by atoms with van der Waals surface area (Å²) in [4.78, 5) is 12.1. The number of amides is 1. The van der Waals surface area contributed by atoms with Gasteiger partial charge in [0.2, 0.25) is 5.91 Å². The highest BCUT2D eigenvalue weighted by Crippen LogP contribution is 2.63. The van der Waals surface area contributed by atoms with Crippen molar-refractivity contribution in [2.24, 2.45) is 17.8 Å². The molecular weight excluding hydrogens is 348 g/mol. The zero-order chi connectivity index (χ0) is 19.1. The first-order valence-corrected chi connectivity index (χ1v) is 10.5. The number of benzene rings is 2. The Hall–Kier alpha value is -2.33. The van der Waals surface area contributed by atoms with Crippen molar-refractivity contribution in [3.63, 3.8) is 0 Å². The Morgan fingerprint density at radius 2 is 1.96 bits per heavy atom. The number of ether oxygens (including phenoxy) is 1. The van der Waals surface area contributed by atoms with E-state index < -0.39 is 0 Å². The Kier molecular flexibility index (Phi) is 4.59. The first-order chi connectivity index (χ1) is 13.7. The molecule has 3 aliphatic rings. The van der Waals surface area contributed by atoms with Crippen LogP contribution in [0, 0.1) is 17.8 Å². The van der Waals surface area contributed by atoms with Gasteiger partial charge in [-0.1, -0.05) is 30.3 Å². The summed E-state index contributed by atoms with van der Waals surface area (Å²) in [5.74, 6) is 2.84. The lowest BCUT2D eigenvalue weighted by Crippen LogP contribution is -2.35. The molecule has 5 rings (SSSR count). The Bertz CT molecular complexity index is 866. The molecule has 4 heteroatoms. The summed E-state index contributed by atoms with van der Waals surface area (Å²) in [7, 11) is 1.62. The fraction of sp³-hybridized carbons (Fsp3) is 0.458. The van der Waals surface area contributed by atoms with E-state index in [-0.39, 0.29) is 5.91 Å². The predicted molar refractivity (Wildman–Crippen MR) is 111 cm³/mol. The molecule has 1 aliphatic heterocycles. The van der Waals surface area contributed by atoms with Gasteiger partial charge in [-0.25, -0.2) is 0 Å². The molecule has 0 saturated heterocycles. The van der Waals surface area contributed by atoms with Crippen LogP contribution in [0.5, 0.6) is 0 Å². The van der Waals surface area contributed by atoms with Crippen LogP contribution in [0.3, 0.4) is 0 Å². The molecule has 0 aromatic heterocycles. The number of nitrogens with one attached hydrogen (secondary N) is 2. The Labute approximate surface area is 166 Å². The quantitative estimate of drug-likeness (QED) is 0.776. The summed E-state index contributed by atoms with van der Waals surface area (Å²) in [5.41, 5.74) is 4.93. The molecule has 0 spiro atoms. The molecule has 2 aromatic carbocycles. The van der Waals surface area contributed by atoms with E-state index in [0.29, 0.717) is 30.9 Å². The van der Waals surface area contributed by atoms with E-state index in [9.17, 15) is 4.79 Å². The highest BCUT2D eigenvalue weighted by atomic mass is 16.5. The number of hydrogen-bond acceptors (Lipinski definition) is 3. The normalized spacial score (nSPS) is 29.7. The van der Waals surface area contributed by atoms with E-state index in [2.05, 4.69) is 53.1 Å². The molecule has 1 heterocycles. The smallest absolute Gasteiger partial charge is 0.226 e. The van der Waals surface area contributed by atoms with E-state index in [1.165, 1.54) is 36.1 Å². The summed E-state index contributed by atoms with van der Waals surface area (Å²) in [6.07, 6.45) is 4.44. The monoisotopic (exact) mass is 376 g/mol. The van der Waals surface area contributed by atoms with Gasteiger partial charge < -0.3 is 15.4 Å². The van der Waals surface area contributed by atoms with Crippen LogP contribution in [0.15, 0.2) is 48.5 Å². The minimum Gasteiger partial charge on any atom is -0.384 e. The van der Waals surface area contributed by atoms with Crippen LogP contribution in [0.2, 0.25) is 0 Å². The average Bonchev–Trinajstić information content (AvgIpc) is 3.35. The van der Waals surface area contributed by atoms with Crippen LogP contribution >= 0.6 is 0 Å². The van der Waals surface area contributed by atoms with E-state index in [4.69, 9.17) is 4.74 Å². The predicted octanol–water partition coefficient (Wildman–Crippen LogP) is 4.96.